The number of nitrogens with one attached hydrogen (secondary N) is 1. The first-order chi connectivity index (χ1) is 8.83. The van der Waals surface area contributed by atoms with Gasteiger partial charge in [-0.1, -0.05) is 25.1 Å². The Bertz CT molecular complexity index is 363. The number of hydrogen-bond donors (Lipinski definition) is 1. The maximum atomic E-state index is 5.66. The average molecular weight is 359 g/mol. The second-order valence-electron chi connectivity index (χ2n) is 4.93. The smallest absolute Gasteiger partial charge is 0.0512 e. The molecule has 0 bridgehead atoms. The van der Waals surface area contributed by atoms with E-state index < -0.39 is 0 Å². The molecule has 0 spiro atoms. The van der Waals surface area contributed by atoms with Crippen molar-refractivity contribution in [2.45, 2.75) is 32.2 Å². The minimum atomic E-state index is 0.443. The summed E-state index contributed by atoms with van der Waals surface area (Å²) in [6.07, 6.45) is 3.64. The van der Waals surface area contributed by atoms with Crippen molar-refractivity contribution in [1.29, 1.82) is 0 Å². The molecule has 2 rings (SSSR count). The molecule has 0 saturated carbocycles. The molecule has 1 aromatic rings. The predicted octanol–water partition coefficient (Wildman–Crippen LogP) is 3.76. The summed E-state index contributed by atoms with van der Waals surface area (Å²) >= 11 is 2.44. The lowest BCUT2D eigenvalue weighted by atomic mass is 9.88. The van der Waals surface area contributed by atoms with Crippen LogP contribution in [0.4, 0.5) is 0 Å². The van der Waals surface area contributed by atoms with Gasteiger partial charge in [0.15, 0.2) is 0 Å². The highest BCUT2D eigenvalue weighted by Crippen LogP contribution is 2.31. The molecule has 2 atom stereocenters. The fourth-order valence-corrected chi connectivity index (χ4v) is 3.31. The molecular weight excluding hydrogens is 337 g/mol. The van der Waals surface area contributed by atoms with E-state index in [2.05, 4.69) is 59.1 Å². The Morgan fingerprint density at radius 3 is 2.94 bits per heavy atom. The van der Waals surface area contributed by atoms with E-state index in [4.69, 9.17) is 4.74 Å². The van der Waals surface area contributed by atoms with E-state index in [-0.39, 0.29) is 0 Å². The van der Waals surface area contributed by atoms with Crippen molar-refractivity contribution in [2.24, 2.45) is 5.92 Å². The molecule has 1 N–H and O–H groups in total. The van der Waals surface area contributed by atoms with Crippen LogP contribution in [-0.4, -0.2) is 19.8 Å². The second-order valence-corrected chi connectivity index (χ2v) is 6.09. The quantitative estimate of drug-likeness (QED) is 0.809. The summed E-state index contributed by atoms with van der Waals surface area (Å²) in [5.74, 6) is 0.612. The molecule has 0 aromatic heterocycles. The third kappa shape index (κ3) is 3.68. The number of halogens is 1. The Kier molecular flexibility index (Phi) is 5.92. The van der Waals surface area contributed by atoms with Gasteiger partial charge in [-0.15, -0.1) is 0 Å². The highest BCUT2D eigenvalue weighted by atomic mass is 127. The van der Waals surface area contributed by atoms with Crippen LogP contribution in [0.25, 0.3) is 0 Å². The molecule has 0 amide bonds. The van der Waals surface area contributed by atoms with E-state index in [1.54, 1.807) is 0 Å². The molecule has 1 aromatic carbocycles. The van der Waals surface area contributed by atoms with Crippen LogP contribution in [0.1, 0.15) is 37.8 Å². The molecule has 1 aliphatic heterocycles. The Balaban J connectivity index is 2.15. The van der Waals surface area contributed by atoms with Gasteiger partial charge in [-0.25, -0.2) is 0 Å². The first-order valence-corrected chi connectivity index (χ1v) is 7.96. The Morgan fingerprint density at radius 1 is 1.44 bits per heavy atom. The van der Waals surface area contributed by atoms with Crippen molar-refractivity contribution in [2.75, 3.05) is 19.8 Å². The van der Waals surface area contributed by atoms with E-state index in [1.165, 1.54) is 28.4 Å². The third-order valence-corrected chi connectivity index (χ3v) is 4.50. The summed E-state index contributed by atoms with van der Waals surface area (Å²) in [4.78, 5) is 0. The first kappa shape index (κ1) is 14.3. The lowest BCUT2D eigenvalue weighted by molar-refractivity contribution is 0.0389. The summed E-state index contributed by atoms with van der Waals surface area (Å²) in [5, 5.41) is 3.71. The zero-order chi connectivity index (χ0) is 12.8. The number of ether oxygens (including phenoxy) is 1. The largest absolute Gasteiger partial charge is 0.381 e. The Hall–Kier alpha value is -0.130. The average Bonchev–Trinajstić information content (AvgIpc) is 2.42. The molecule has 0 aliphatic carbocycles. The van der Waals surface area contributed by atoms with Gasteiger partial charge < -0.3 is 10.1 Å². The highest BCUT2D eigenvalue weighted by molar-refractivity contribution is 14.1. The van der Waals surface area contributed by atoms with Gasteiger partial charge in [0.1, 0.15) is 0 Å². The van der Waals surface area contributed by atoms with E-state index >= 15 is 0 Å². The maximum absolute atomic E-state index is 5.66. The van der Waals surface area contributed by atoms with Gasteiger partial charge in [0.2, 0.25) is 0 Å². The summed E-state index contributed by atoms with van der Waals surface area (Å²) in [5.41, 5.74) is 1.43. The van der Waals surface area contributed by atoms with Crippen LogP contribution < -0.4 is 5.32 Å². The standard InChI is InChI=1S/C15H22INO/c1-2-9-17-15(12-6-5-10-18-11-12)13-7-3-4-8-14(13)16/h3-4,7-8,12,15,17H,2,5-6,9-11H2,1H3. The van der Waals surface area contributed by atoms with E-state index in [0.717, 1.165) is 19.8 Å². The fraction of sp³-hybridized carbons (Fsp3) is 0.600. The fourth-order valence-electron chi connectivity index (χ4n) is 2.59. The molecule has 1 saturated heterocycles. The van der Waals surface area contributed by atoms with Gasteiger partial charge in [-0.3, -0.25) is 0 Å². The Morgan fingerprint density at radius 2 is 2.28 bits per heavy atom. The Labute approximate surface area is 124 Å². The van der Waals surface area contributed by atoms with Gasteiger partial charge in [0, 0.05) is 22.1 Å². The van der Waals surface area contributed by atoms with Gasteiger partial charge in [-0.2, -0.15) is 0 Å². The van der Waals surface area contributed by atoms with Crippen LogP contribution in [-0.2, 0) is 4.74 Å². The van der Waals surface area contributed by atoms with E-state index in [9.17, 15) is 0 Å². The maximum Gasteiger partial charge on any atom is 0.0512 e. The zero-order valence-corrected chi connectivity index (χ0v) is 13.2. The molecule has 2 nitrogen and oxygen atoms in total. The van der Waals surface area contributed by atoms with Crippen LogP contribution in [0.3, 0.4) is 0 Å². The normalized spacial score (nSPS) is 21.8. The molecule has 3 heteroatoms. The van der Waals surface area contributed by atoms with Crippen molar-refractivity contribution >= 4 is 22.6 Å². The van der Waals surface area contributed by atoms with Crippen LogP contribution in [0.5, 0.6) is 0 Å². The van der Waals surface area contributed by atoms with Gasteiger partial charge in [-0.05, 0) is 60.0 Å². The molecule has 1 aliphatic rings. The number of hydrogen-bond acceptors (Lipinski definition) is 2. The van der Waals surface area contributed by atoms with E-state index in [1.807, 2.05) is 0 Å². The summed E-state index contributed by atoms with van der Waals surface area (Å²) in [6.45, 7) is 5.12. The number of rotatable bonds is 5. The van der Waals surface area contributed by atoms with Crippen molar-refractivity contribution in [3.05, 3.63) is 33.4 Å². The van der Waals surface area contributed by atoms with Crippen LogP contribution >= 0.6 is 22.6 Å². The zero-order valence-electron chi connectivity index (χ0n) is 11.0. The summed E-state index contributed by atoms with van der Waals surface area (Å²) in [6, 6.07) is 9.14. The van der Waals surface area contributed by atoms with E-state index in [0.29, 0.717) is 12.0 Å². The van der Waals surface area contributed by atoms with Crippen LogP contribution in [0.2, 0.25) is 0 Å². The molecule has 0 radical (unpaired) electrons. The SMILES string of the molecule is CCCNC(c1ccccc1I)C1CCCOC1. The molecule has 1 heterocycles. The van der Waals surface area contributed by atoms with Gasteiger partial charge >= 0.3 is 0 Å². The van der Waals surface area contributed by atoms with Gasteiger partial charge in [0.25, 0.3) is 0 Å². The van der Waals surface area contributed by atoms with Crippen molar-refractivity contribution < 1.29 is 4.74 Å². The lowest BCUT2D eigenvalue weighted by Crippen LogP contribution is -2.34. The lowest BCUT2D eigenvalue weighted by Gasteiger charge is -2.32. The van der Waals surface area contributed by atoms with Crippen LogP contribution in [0, 0.1) is 9.49 Å². The molecule has 100 valence electrons. The molecule has 2 unspecified atom stereocenters. The highest BCUT2D eigenvalue weighted by Gasteiger charge is 2.26. The molecule has 1 fully saturated rings. The molecule has 18 heavy (non-hydrogen) atoms. The minimum Gasteiger partial charge on any atom is -0.381 e. The first-order valence-electron chi connectivity index (χ1n) is 6.88. The third-order valence-electron chi connectivity index (χ3n) is 3.52. The number of benzene rings is 1. The summed E-state index contributed by atoms with van der Waals surface area (Å²) in [7, 11) is 0. The minimum absolute atomic E-state index is 0.443. The van der Waals surface area contributed by atoms with Crippen LogP contribution in [0.15, 0.2) is 24.3 Å². The predicted molar refractivity (Wildman–Crippen MR) is 83.7 cm³/mol. The summed E-state index contributed by atoms with van der Waals surface area (Å²) < 4.78 is 7.02. The van der Waals surface area contributed by atoms with Crippen molar-refractivity contribution in [1.82, 2.24) is 5.32 Å². The second kappa shape index (κ2) is 7.46. The van der Waals surface area contributed by atoms with Crippen molar-refractivity contribution in [3.8, 4) is 0 Å². The monoisotopic (exact) mass is 359 g/mol. The molecular formula is C15H22INO. The van der Waals surface area contributed by atoms with Crippen molar-refractivity contribution in [3.63, 3.8) is 0 Å². The van der Waals surface area contributed by atoms with Gasteiger partial charge in [0.05, 0.1) is 6.61 Å². The topological polar surface area (TPSA) is 21.3 Å².